The van der Waals surface area contributed by atoms with Gasteiger partial charge in [0.15, 0.2) is 5.96 Å². The van der Waals surface area contributed by atoms with E-state index in [9.17, 15) is 9.59 Å². The number of nitrogens with one attached hydrogen (secondary N) is 2. The molecule has 2 saturated carbocycles. The molecule has 2 N–H and O–H groups in total. The van der Waals surface area contributed by atoms with Gasteiger partial charge in [-0.1, -0.05) is 12.8 Å². The van der Waals surface area contributed by atoms with Gasteiger partial charge >= 0.3 is 6.09 Å². The Kier molecular flexibility index (Phi) is 7.77. The van der Waals surface area contributed by atoms with E-state index in [1.807, 2.05) is 34.9 Å². The molecule has 0 aromatic carbocycles. The molecule has 2 amide bonds. The van der Waals surface area contributed by atoms with E-state index in [1.165, 1.54) is 0 Å². The molecule has 29 heavy (non-hydrogen) atoms. The highest BCUT2D eigenvalue weighted by molar-refractivity contribution is 5.85. The lowest BCUT2D eigenvalue weighted by Crippen LogP contribution is -2.50. The summed E-state index contributed by atoms with van der Waals surface area (Å²) in [4.78, 5) is 32.9. The molecule has 0 aromatic rings. The Morgan fingerprint density at radius 1 is 1.14 bits per heavy atom. The Morgan fingerprint density at radius 2 is 1.76 bits per heavy atom. The third-order valence-electron chi connectivity index (χ3n) is 5.50. The van der Waals surface area contributed by atoms with Crippen molar-refractivity contribution in [2.75, 3.05) is 40.8 Å². The van der Waals surface area contributed by atoms with Gasteiger partial charge in [-0.05, 0) is 46.5 Å². The van der Waals surface area contributed by atoms with Crippen LogP contribution in [0.4, 0.5) is 4.79 Å². The van der Waals surface area contributed by atoms with Gasteiger partial charge in [-0.25, -0.2) is 4.79 Å². The number of amides is 2. The van der Waals surface area contributed by atoms with E-state index in [0.717, 1.165) is 38.5 Å². The molecule has 0 radical (unpaired) electrons. The molecule has 2 rings (SSSR count). The fourth-order valence-corrected chi connectivity index (χ4v) is 3.89. The van der Waals surface area contributed by atoms with Crippen LogP contribution in [-0.4, -0.2) is 80.2 Å². The highest BCUT2D eigenvalue weighted by Gasteiger charge is 2.42. The number of nitrogens with zero attached hydrogens (tertiary/aromatic N) is 3. The molecule has 8 heteroatoms. The number of hydrogen-bond acceptors (Lipinski definition) is 4. The average Bonchev–Trinajstić information content (AvgIpc) is 3.35. The van der Waals surface area contributed by atoms with Gasteiger partial charge in [-0.15, -0.1) is 0 Å². The zero-order valence-electron chi connectivity index (χ0n) is 19.0. The third kappa shape index (κ3) is 6.78. The first-order chi connectivity index (χ1) is 13.6. The lowest BCUT2D eigenvalue weighted by Gasteiger charge is -2.31. The summed E-state index contributed by atoms with van der Waals surface area (Å²) in [6, 6.07) is 0.279. The fourth-order valence-electron chi connectivity index (χ4n) is 3.89. The van der Waals surface area contributed by atoms with Crippen molar-refractivity contribution in [1.29, 1.82) is 0 Å². The average molecular weight is 410 g/mol. The summed E-state index contributed by atoms with van der Waals surface area (Å²) in [5.74, 6) is 0.838. The van der Waals surface area contributed by atoms with Gasteiger partial charge < -0.3 is 25.2 Å². The van der Waals surface area contributed by atoms with E-state index in [1.54, 1.807) is 16.8 Å². The molecule has 0 saturated heterocycles. The summed E-state index contributed by atoms with van der Waals surface area (Å²) in [6.07, 6.45) is 5.78. The largest absolute Gasteiger partial charge is 0.444 e. The molecule has 2 fully saturated rings. The van der Waals surface area contributed by atoms with Crippen molar-refractivity contribution in [2.45, 2.75) is 70.9 Å². The molecular formula is C21H39N5O3. The minimum atomic E-state index is -0.496. The second kappa shape index (κ2) is 9.67. The zero-order chi connectivity index (χ0) is 21.7. The van der Waals surface area contributed by atoms with Gasteiger partial charge in [0.05, 0.1) is 5.41 Å². The number of guanidine groups is 1. The van der Waals surface area contributed by atoms with Gasteiger partial charge in [-0.3, -0.25) is 9.79 Å². The Bertz CT molecular complexity index is 602. The van der Waals surface area contributed by atoms with Crippen molar-refractivity contribution < 1.29 is 14.3 Å². The quantitative estimate of drug-likeness (QED) is 0.497. The maximum atomic E-state index is 12.7. The number of carbonyl (C=O) groups is 2. The smallest absolute Gasteiger partial charge is 0.410 e. The molecule has 8 nitrogen and oxygen atoms in total. The van der Waals surface area contributed by atoms with E-state index in [4.69, 9.17) is 4.74 Å². The first kappa shape index (κ1) is 23.3. The highest BCUT2D eigenvalue weighted by Crippen LogP contribution is 2.38. The molecule has 0 spiro atoms. The van der Waals surface area contributed by atoms with Crippen LogP contribution < -0.4 is 10.6 Å². The predicted molar refractivity (Wildman–Crippen MR) is 115 cm³/mol. The second-order valence-electron chi connectivity index (χ2n) is 9.44. The normalized spacial score (nSPS) is 18.9. The SMILES string of the molecule is CN=C(NCCN(C(=O)OC(C)(C)C)C1CC1)NCC1(C(=O)N(C)C)CCCC1. The van der Waals surface area contributed by atoms with Gasteiger partial charge in [0, 0.05) is 46.8 Å². The van der Waals surface area contributed by atoms with Crippen molar-refractivity contribution in [1.82, 2.24) is 20.4 Å². The standard InChI is InChI=1S/C21H39N5O3/c1-20(2,3)29-19(28)26(16-9-10-16)14-13-23-18(22-4)24-15-21(11-7-8-12-21)17(27)25(5)6/h16H,7-15H2,1-6H3,(H2,22,23,24). The number of carbonyl (C=O) groups excluding carboxylic acids is 2. The number of aliphatic imine (C=N–C) groups is 1. The number of rotatable bonds is 7. The van der Waals surface area contributed by atoms with E-state index in [0.29, 0.717) is 25.6 Å². The van der Waals surface area contributed by atoms with Crippen molar-refractivity contribution in [3.05, 3.63) is 0 Å². The maximum Gasteiger partial charge on any atom is 0.410 e. The number of ether oxygens (including phenoxy) is 1. The molecule has 2 aliphatic rings. The molecule has 0 unspecified atom stereocenters. The van der Waals surface area contributed by atoms with Crippen LogP contribution in [0.3, 0.4) is 0 Å². The van der Waals surface area contributed by atoms with E-state index in [-0.39, 0.29) is 23.5 Å². The van der Waals surface area contributed by atoms with Crippen molar-refractivity contribution in [2.24, 2.45) is 10.4 Å². The Balaban J connectivity index is 1.85. The molecule has 0 atom stereocenters. The molecular weight excluding hydrogens is 370 g/mol. The first-order valence-electron chi connectivity index (χ1n) is 10.7. The van der Waals surface area contributed by atoms with Crippen LogP contribution >= 0.6 is 0 Å². The molecule has 166 valence electrons. The topological polar surface area (TPSA) is 86.3 Å². The zero-order valence-corrected chi connectivity index (χ0v) is 19.0. The summed E-state index contributed by atoms with van der Waals surface area (Å²) in [6.45, 7) is 7.35. The summed E-state index contributed by atoms with van der Waals surface area (Å²) in [7, 11) is 5.36. The second-order valence-corrected chi connectivity index (χ2v) is 9.44. The Hall–Kier alpha value is -1.99. The van der Waals surface area contributed by atoms with Gasteiger partial charge in [0.25, 0.3) is 0 Å². The van der Waals surface area contributed by atoms with Gasteiger partial charge in [0.1, 0.15) is 5.60 Å². The van der Waals surface area contributed by atoms with Crippen LogP contribution in [0.25, 0.3) is 0 Å². The molecule has 0 aliphatic heterocycles. The van der Waals surface area contributed by atoms with E-state index in [2.05, 4.69) is 15.6 Å². The van der Waals surface area contributed by atoms with Crippen molar-refractivity contribution in [3.8, 4) is 0 Å². The van der Waals surface area contributed by atoms with Crippen LogP contribution in [0, 0.1) is 5.41 Å². The monoisotopic (exact) mass is 409 g/mol. The summed E-state index contributed by atoms with van der Waals surface area (Å²) in [5, 5.41) is 6.60. The minimum absolute atomic E-state index is 0.183. The third-order valence-corrected chi connectivity index (χ3v) is 5.50. The minimum Gasteiger partial charge on any atom is -0.444 e. The van der Waals surface area contributed by atoms with Crippen LogP contribution in [0.5, 0.6) is 0 Å². The summed E-state index contributed by atoms with van der Waals surface area (Å²) < 4.78 is 5.53. The number of hydrogen-bond donors (Lipinski definition) is 2. The van der Waals surface area contributed by atoms with Crippen LogP contribution in [-0.2, 0) is 9.53 Å². The fraction of sp³-hybridized carbons (Fsp3) is 0.857. The molecule has 0 aromatic heterocycles. The van der Waals surface area contributed by atoms with Crippen LogP contribution in [0.1, 0.15) is 59.3 Å². The highest BCUT2D eigenvalue weighted by atomic mass is 16.6. The maximum absolute atomic E-state index is 12.7. The van der Waals surface area contributed by atoms with E-state index >= 15 is 0 Å². The Morgan fingerprint density at radius 3 is 2.24 bits per heavy atom. The van der Waals surface area contributed by atoms with Crippen molar-refractivity contribution >= 4 is 18.0 Å². The van der Waals surface area contributed by atoms with Crippen molar-refractivity contribution in [3.63, 3.8) is 0 Å². The molecule has 0 heterocycles. The van der Waals surface area contributed by atoms with Crippen LogP contribution in [0.15, 0.2) is 4.99 Å². The molecule has 2 aliphatic carbocycles. The van der Waals surface area contributed by atoms with Gasteiger partial charge in [0.2, 0.25) is 5.91 Å². The van der Waals surface area contributed by atoms with E-state index < -0.39 is 5.60 Å². The lowest BCUT2D eigenvalue weighted by molar-refractivity contribution is -0.138. The Labute approximate surface area is 175 Å². The van der Waals surface area contributed by atoms with Crippen LogP contribution in [0.2, 0.25) is 0 Å². The summed E-state index contributed by atoms with van der Waals surface area (Å²) >= 11 is 0. The predicted octanol–water partition coefficient (Wildman–Crippen LogP) is 2.20. The molecule has 0 bridgehead atoms. The van der Waals surface area contributed by atoms with Gasteiger partial charge in [-0.2, -0.15) is 0 Å². The summed E-state index contributed by atoms with van der Waals surface area (Å²) in [5.41, 5.74) is -0.846. The lowest BCUT2D eigenvalue weighted by atomic mass is 9.84. The first-order valence-corrected chi connectivity index (χ1v) is 10.7.